The van der Waals surface area contributed by atoms with Crippen molar-refractivity contribution >= 4 is 0 Å². The molecule has 3 rings (SSSR count). The van der Waals surface area contributed by atoms with Gasteiger partial charge in [0, 0.05) is 12.1 Å². The first-order valence-electron chi connectivity index (χ1n) is 7.41. The number of nitrogens with zero attached hydrogens (tertiary/aromatic N) is 1. The minimum absolute atomic E-state index is 0.447. The van der Waals surface area contributed by atoms with E-state index in [0.29, 0.717) is 12.1 Å². The molecule has 0 spiro atoms. The highest BCUT2D eigenvalue weighted by atomic mass is 16.5. The molecule has 3 nitrogen and oxygen atoms in total. The van der Waals surface area contributed by atoms with Crippen LogP contribution < -0.4 is 10.1 Å². The van der Waals surface area contributed by atoms with Gasteiger partial charge < -0.3 is 10.1 Å². The maximum atomic E-state index is 5.37. The van der Waals surface area contributed by atoms with Crippen LogP contribution in [0.25, 0.3) is 0 Å². The summed E-state index contributed by atoms with van der Waals surface area (Å²) < 4.78 is 5.37. The van der Waals surface area contributed by atoms with Crippen molar-refractivity contribution in [1.82, 2.24) is 10.2 Å². The van der Waals surface area contributed by atoms with Crippen LogP contribution >= 0.6 is 0 Å². The van der Waals surface area contributed by atoms with Gasteiger partial charge in [0.2, 0.25) is 0 Å². The average Bonchev–Trinajstić information content (AvgIpc) is 2.85. The van der Waals surface area contributed by atoms with E-state index in [1.807, 2.05) is 0 Å². The summed E-state index contributed by atoms with van der Waals surface area (Å²) in [5.41, 5.74) is 2.91. The van der Waals surface area contributed by atoms with E-state index in [1.165, 1.54) is 49.9 Å². The number of ether oxygens (including phenoxy) is 1. The van der Waals surface area contributed by atoms with Crippen LogP contribution in [0.1, 0.15) is 36.4 Å². The molecule has 2 atom stereocenters. The number of rotatable bonds is 3. The smallest absolute Gasteiger partial charge is 0.119 e. The van der Waals surface area contributed by atoms with Crippen molar-refractivity contribution < 1.29 is 4.74 Å². The standard InChI is InChI=1S/C16H24N2O/c1-17-16-14-11-13(19-2)7-6-12(14)10-15(16)18-8-4-3-5-9-18/h6-7,11,15-17H,3-5,8-10H2,1-2H3. The van der Waals surface area contributed by atoms with Crippen molar-refractivity contribution in [2.24, 2.45) is 0 Å². The third kappa shape index (κ3) is 2.37. The minimum Gasteiger partial charge on any atom is -0.497 e. The molecule has 2 unspecified atom stereocenters. The summed E-state index contributed by atoms with van der Waals surface area (Å²) in [5, 5.41) is 3.52. The highest BCUT2D eigenvalue weighted by molar-refractivity contribution is 5.42. The van der Waals surface area contributed by atoms with E-state index in [1.54, 1.807) is 7.11 Å². The van der Waals surface area contributed by atoms with Gasteiger partial charge in [-0.25, -0.2) is 0 Å². The van der Waals surface area contributed by atoms with Crippen LogP contribution in [0.2, 0.25) is 0 Å². The molecule has 0 aromatic heterocycles. The van der Waals surface area contributed by atoms with Gasteiger partial charge in [0.15, 0.2) is 0 Å². The van der Waals surface area contributed by atoms with Crippen LogP contribution in [0.3, 0.4) is 0 Å². The molecule has 1 aliphatic heterocycles. The summed E-state index contributed by atoms with van der Waals surface area (Å²) >= 11 is 0. The molecule has 2 aliphatic rings. The minimum atomic E-state index is 0.447. The number of benzene rings is 1. The first kappa shape index (κ1) is 12.9. The summed E-state index contributed by atoms with van der Waals surface area (Å²) in [4.78, 5) is 2.68. The van der Waals surface area contributed by atoms with Crippen molar-refractivity contribution in [3.05, 3.63) is 29.3 Å². The van der Waals surface area contributed by atoms with E-state index in [2.05, 4.69) is 35.5 Å². The average molecular weight is 260 g/mol. The van der Waals surface area contributed by atoms with Crippen molar-refractivity contribution in [3.63, 3.8) is 0 Å². The number of likely N-dealkylation sites (tertiary alicyclic amines) is 1. The normalized spacial score (nSPS) is 27.3. The molecule has 1 aliphatic carbocycles. The molecule has 1 heterocycles. The predicted octanol–water partition coefficient (Wildman–Crippen LogP) is 2.37. The van der Waals surface area contributed by atoms with Gasteiger partial charge >= 0.3 is 0 Å². The van der Waals surface area contributed by atoms with Crippen molar-refractivity contribution in [3.8, 4) is 5.75 Å². The second kappa shape index (κ2) is 5.51. The maximum absolute atomic E-state index is 5.37. The van der Waals surface area contributed by atoms with Crippen LogP contribution in [0.4, 0.5) is 0 Å². The van der Waals surface area contributed by atoms with Gasteiger partial charge in [0.1, 0.15) is 5.75 Å². The lowest BCUT2D eigenvalue weighted by Gasteiger charge is -2.35. The fraction of sp³-hybridized carbons (Fsp3) is 0.625. The van der Waals surface area contributed by atoms with E-state index < -0.39 is 0 Å². The largest absolute Gasteiger partial charge is 0.497 e. The zero-order chi connectivity index (χ0) is 13.2. The lowest BCUT2D eigenvalue weighted by Crippen LogP contribution is -2.44. The van der Waals surface area contributed by atoms with Gasteiger partial charge in [0.25, 0.3) is 0 Å². The Morgan fingerprint density at radius 2 is 2.00 bits per heavy atom. The first-order valence-corrected chi connectivity index (χ1v) is 7.41. The van der Waals surface area contributed by atoms with Gasteiger partial charge in [0.05, 0.1) is 7.11 Å². The molecule has 19 heavy (non-hydrogen) atoms. The summed E-state index contributed by atoms with van der Waals surface area (Å²) in [6.07, 6.45) is 5.28. The highest BCUT2D eigenvalue weighted by Gasteiger charge is 2.35. The van der Waals surface area contributed by atoms with Crippen molar-refractivity contribution in [2.75, 3.05) is 27.2 Å². The van der Waals surface area contributed by atoms with Gasteiger partial charge in [-0.2, -0.15) is 0 Å². The summed E-state index contributed by atoms with van der Waals surface area (Å²) in [7, 11) is 3.82. The Labute approximate surface area is 115 Å². The first-order chi connectivity index (χ1) is 9.33. The Balaban J connectivity index is 1.85. The van der Waals surface area contributed by atoms with E-state index >= 15 is 0 Å². The fourth-order valence-corrected chi connectivity index (χ4v) is 3.66. The molecule has 3 heteroatoms. The second-order valence-corrected chi connectivity index (χ2v) is 5.70. The molecule has 104 valence electrons. The molecule has 1 aromatic carbocycles. The predicted molar refractivity (Wildman–Crippen MR) is 77.7 cm³/mol. The third-order valence-corrected chi connectivity index (χ3v) is 4.67. The Kier molecular flexibility index (Phi) is 3.76. The van der Waals surface area contributed by atoms with Gasteiger partial charge in [-0.05, 0) is 62.7 Å². The molecule has 0 saturated carbocycles. The second-order valence-electron chi connectivity index (χ2n) is 5.70. The number of hydrogen-bond donors (Lipinski definition) is 1. The summed E-state index contributed by atoms with van der Waals surface area (Å²) in [6, 6.07) is 7.60. The van der Waals surface area contributed by atoms with E-state index in [4.69, 9.17) is 4.74 Å². The summed E-state index contributed by atoms with van der Waals surface area (Å²) in [5.74, 6) is 0.971. The number of methoxy groups -OCH3 is 1. The molecule has 0 bridgehead atoms. The Bertz CT molecular complexity index is 440. The monoisotopic (exact) mass is 260 g/mol. The van der Waals surface area contributed by atoms with Gasteiger partial charge in [-0.1, -0.05) is 12.5 Å². The highest BCUT2D eigenvalue weighted by Crippen LogP contribution is 2.37. The number of likely N-dealkylation sites (N-methyl/N-ethyl adjacent to an activating group) is 1. The molecule has 1 fully saturated rings. The van der Waals surface area contributed by atoms with Gasteiger partial charge in [-0.3, -0.25) is 4.90 Å². The molecule has 1 aromatic rings. The molecule has 1 saturated heterocycles. The van der Waals surface area contributed by atoms with Crippen molar-refractivity contribution in [1.29, 1.82) is 0 Å². The molecular weight excluding hydrogens is 236 g/mol. The lowest BCUT2D eigenvalue weighted by molar-refractivity contribution is 0.141. The fourth-order valence-electron chi connectivity index (χ4n) is 3.66. The zero-order valence-electron chi connectivity index (χ0n) is 12.0. The van der Waals surface area contributed by atoms with E-state index in [0.717, 1.165) is 5.75 Å². The van der Waals surface area contributed by atoms with E-state index in [9.17, 15) is 0 Å². The number of nitrogens with one attached hydrogen (secondary N) is 1. The quantitative estimate of drug-likeness (QED) is 0.903. The Morgan fingerprint density at radius 3 is 2.68 bits per heavy atom. The van der Waals surface area contributed by atoms with Crippen molar-refractivity contribution in [2.45, 2.75) is 37.8 Å². The van der Waals surface area contributed by atoms with Crippen LogP contribution in [0.15, 0.2) is 18.2 Å². The number of hydrogen-bond acceptors (Lipinski definition) is 3. The van der Waals surface area contributed by atoms with E-state index in [-0.39, 0.29) is 0 Å². The Morgan fingerprint density at radius 1 is 1.21 bits per heavy atom. The van der Waals surface area contributed by atoms with Crippen LogP contribution in [-0.4, -0.2) is 38.2 Å². The zero-order valence-corrected chi connectivity index (χ0v) is 12.0. The van der Waals surface area contributed by atoms with Crippen LogP contribution in [0, 0.1) is 0 Å². The van der Waals surface area contributed by atoms with Gasteiger partial charge in [-0.15, -0.1) is 0 Å². The molecule has 0 radical (unpaired) electrons. The van der Waals surface area contributed by atoms with Crippen LogP contribution in [0.5, 0.6) is 5.75 Å². The molecule has 1 N–H and O–H groups in total. The van der Waals surface area contributed by atoms with Crippen LogP contribution in [-0.2, 0) is 6.42 Å². The Hall–Kier alpha value is -1.06. The summed E-state index contributed by atoms with van der Waals surface area (Å²) in [6.45, 7) is 2.52. The maximum Gasteiger partial charge on any atom is 0.119 e. The molecular formula is C16H24N2O. The lowest BCUT2D eigenvalue weighted by atomic mass is 10.0. The SMILES string of the molecule is CNC1c2cc(OC)ccc2CC1N1CCCCC1. The number of fused-ring (bicyclic) bond motifs is 1. The topological polar surface area (TPSA) is 24.5 Å². The third-order valence-electron chi connectivity index (χ3n) is 4.67. The molecule has 0 amide bonds. The number of piperidine rings is 1.